The lowest BCUT2D eigenvalue weighted by atomic mass is 9.78. The molecule has 2 aliphatic rings. The van der Waals surface area contributed by atoms with Gasteiger partial charge in [-0.25, -0.2) is 0 Å². The predicted molar refractivity (Wildman–Crippen MR) is 84.1 cm³/mol. The van der Waals surface area contributed by atoms with E-state index in [0.717, 1.165) is 49.4 Å². The first kappa shape index (κ1) is 14.9. The van der Waals surface area contributed by atoms with Gasteiger partial charge in [0, 0.05) is 6.61 Å². The molecule has 1 aromatic rings. The first-order valence-corrected chi connectivity index (χ1v) is 8.78. The third kappa shape index (κ3) is 3.26. The van der Waals surface area contributed by atoms with Crippen molar-refractivity contribution in [2.24, 2.45) is 5.92 Å². The van der Waals surface area contributed by atoms with Crippen LogP contribution in [0.15, 0.2) is 24.3 Å². The molecule has 21 heavy (non-hydrogen) atoms. The van der Waals surface area contributed by atoms with Crippen molar-refractivity contribution in [2.45, 2.75) is 37.4 Å². The van der Waals surface area contributed by atoms with Gasteiger partial charge in [0.05, 0.1) is 23.3 Å². The quantitative estimate of drug-likeness (QED) is 0.911. The number of nitriles is 1. The SMILES string of the molecule is N#Cc1cccc(C(O)C2CCOC3(CCSCC3)C2)c1. The average molecular weight is 303 g/mol. The largest absolute Gasteiger partial charge is 0.388 e. The Hall–Kier alpha value is -1.02. The molecule has 0 radical (unpaired) electrons. The highest BCUT2D eigenvalue weighted by Gasteiger charge is 2.40. The molecule has 4 heteroatoms. The summed E-state index contributed by atoms with van der Waals surface area (Å²) >= 11 is 1.99. The molecule has 0 saturated carbocycles. The topological polar surface area (TPSA) is 53.2 Å². The molecule has 1 spiro atoms. The van der Waals surface area contributed by atoms with E-state index in [1.165, 1.54) is 0 Å². The molecule has 2 heterocycles. The van der Waals surface area contributed by atoms with Gasteiger partial charge in [0.1, 0.15) is 0 Å². The molecule has 3 rings (SSSR count). The molecule has 0 amide bonds. The van der Waals surface area contributed by atoms with Crippen molar-refractivity contribution >= 4 is 11.8 Å². The summed E-state index contributed by atoms with van der Waals surface area (Å²) in [5, 5.41) is 19.7. The Morgan fingerprint density at radius 1 is 1.38 bits per heavy atom. The molecule has 2 fully saturated rings. The summed E-state index contributed by atoms with van der Waals surface area (Å²) in [6.07, 6.45) is 3.53. The molecule has 2 aliphatic heterocycles. The lowest BCUT2D eigenvalue weighted by Crippen LogP contribution is -2.44. The molecule has 2 unspecified atom stereocenters. The van der Waals surface area contributed by atoms with Gasteiger partial charge in [0.25, 0.3) is 0 Å². The van der Waals surface area contributed by atoms with Crippen LogP contribution in [0.4, 0.5) is 0 Å². The highest BCUT2D eigenvalue weighted by atomic mass is 32.2. The van der Waals surface area contributed by atoms with Crippen LogP contribution in [0, 0.1) is 17.2 Å². The molecular formula is C17H21NO2S. The monoisotopic (exact) mass is 303 g/mol. The molecule has 3 nitrogen and oxygen atoms in total. The summed E-state index contributed by atoms with van der Waals surface area (Å²) in [6, 6.07) is 9.50. The fourth-order valence-electron chi connectivity index (χ4n) is 3.49. The minimum Gasteiger partial charge on any atom is -0.388 e. The van der Waals surface area contributed by atoms with Gasteiger partial charge in [0.2, 0.25) is 0 Å². The fourth-order valence-corrected chi connectivity index (χ4v) is 4.73. The van der Waals surface area contributed by atoms with E-state index in [2.05, 4.69) is 6.07 Å². The molecule has 2 saturated heterocycles. The van der Waals surface area contributed by atoms with E-state index in [0.29, 0.717) is 5.56 Å². The Balaban J connectivity index is 1.74. The second kappa shape index (κ2) is 6.39. The Bertz CT molecular complexity index is 528. The summed E-state index contributed by atoms with van der Waals surface area (Å²) < 4.78 is 6.09. The maximum absolute atomic E-state index is 10.7. The fraction of sp³-hybridized carbons (Fsp3) is 0.588. The lowest BCUT2D eigenvalue weighted by molar-refractivity contribution is -0.121. The number of aliphatic hydroxyl groups is 1. The highest BCUT2D eigenvalue weighted by molar-refractivity contribution is 7.99. The van der Waals surface area contributed by atoms with E-state index in [1.807, 2.05) is 30.0 Å². The standard InChI is InChI=1S/C17H21NO2S/c18-12-13-2-1-3-14(10-13)16(19)15-4-7-20-17(11-15)5-8-21-9-6-17/h1-3,10,15-16,19H,4-9,11H2. The zero-order valence-corrected chi connectivity index (χ0v) is 12.9. The average Bonchev–Trinajstić information content (AvgIpc) is 2.55. The van der Waals surface area contributed by atoms with Gasteiger partial charge in [-0.05, 0) is 60.8 Å². The van der Waals surface area contributed by atoms with Crippen LogP contribution in [0.5, 0.6) is 0 Å². The van der Waals surface area contributed by atoms with Crippen molar-refractivity contribution in [3.8, 4) is 6.07 Å². The predicted octanol–water partition coefficient (Wildman–Crippen LogP) is 3.28. The van der Waals surface area contributed by atoms with E-state index in [4.69, 9.17) is 10.00 Å². The van der Waals surface area contributed by atoms with Crippen LogP contribution in [-0.4, -0.2) is 28.8 Å². The number of thioether (sulfide) groups is 1. The summed E-state index contributed by atoms with van der Waals surface area (Å²) in [4.78, 5) is 0. The van der Waals surface area contributed by atoms with Crippen LogP contribution in [0.25, 0.3) is 0 Å². The third-order valence-corrected chi connectivity index (χ3v) is 5.72. The van der Waals surface area contributed by atoms with E-state index in [1.54, 1.807) is 6.07 Å². The molecule has 0 aromatic heterocycles. The van der Waals surface area contributed by atoms with Crippen molar-refractivity contribution in [2.75, 3.05) is 18.1 Å². The molecule has 112 valence electrons. The minimum absolute atomic E-state index is 0.0119. The summed E-state index contributed by atoms with van der Waals surface area (Å²) in [5.41, 5.74) is 1.46. The van der Waals surface area contributed by atoms with Crippen molar-refractivity contribution in [1.82, 2.24) is 0 Å². The number of aliphatic hydroxyl groups excluding tert-OH is 1. The van der Waals surface area contributed by atoms with Crippen molar-refractivity contribution < 1.29 is 9.84 Å². The van der Waals surface area contributed by atoms with Crippen LogP contribution in [-0.2, 0) is 4.74 Å². The number of rotatable bonds is 2. The maximum atomic E-state index is 10.7. The first-order valence-electron chi connectivity index (χ1n) is 7.62. The van der Waals surface area contributed by atoms with E-state index >= 15 is 0 Å². The van der Waals surface area contributed by atoms with Gasteiger partial charge >= 0.3 is 0 Å². The molecule has 0 aliphatic carbocycles. The zero-order chi connectivity index (χ0) is 14.7. The smallest absolute Gasteiger partial charge is 0.0991 e. The molecule has 1 aromatic carbocycles. The maximum Gasteiger partial charge on any atom is 0.0991 e. The molecule has 2 atom stereocenters. The molecular weight excluding hydrogens is 282 g/mol. The summed E-state index contributed by atoms with van der Waals surface area (Å²) in [5.74, 6) is 2.55. The summed E-state index contributed by atoms with van der Waals surface area (Å²) in [7, 11) is 0. The van der Waals surface area contributed by atoms with Crippen LogP contribution < -0.4 is 0 Å². The normalized spacial score (nSPS) is 26.2. The lowest BCUT2D eigenvalue weighted by Gasteiger charge is -2.44. The molecule has 1 N–H and O–H groups in total. The van der Waals surface area contributed by atoms with Crippen molar-refractivity contribution in [3.05, 3.63) is 35.4 Å². The van der Waals surface area contributed by atoms with Crippen LogP contribution in [0.1, 0.15) is 42.9 Å². The van der Waals surface area contributed by atoms with Gasteiger partial charge in [0.15, 0.2) is 0 Å². The van der Waals surface area contributed by atoms with Crippen molar-refractivity contribution in [1.29, 1.82) is 5.26 Å². The first-order chi connectivity index (χ1) is 10.2. The highest BCUT2D eigenvalue weighted by Crippen LogP contribution is 2.43. The number of hydrogen-bond acceptors (Lipinski definition) is 4. The van der Waals surface area contributed by atoms with E-state index in [-0.39, 0.29) is 11.5 Å². The number of hydrogen-bond donors (Lipinski definition) is 1. The van der Waals surface area contributed by atoms with E-state index < -0.39 is 6.10 Å². The van der Waals surface area contributed by atoms with Gasteiger partial charge in [-0.15, -0.1) is 0 Å². The minimum atomic E-state index is -0.492. The van der Waals surface area contributed by atoms with Crippen LogP contribution >= 0.6 is 11.8 Å². The Labute approximate surface area is 130 Å². The van der Waals surface area contributed by atoms with Crippen molar-refractivity contribution in [3.63, 3.8) is 0 Å². The second-order valence-electron chi connectivity index (χ2n) is 6.08. The summed E-state index contributed by atoms with van der Waals surface area (Å²) in [6.45, 7) is 0.740. The zero-order valence-electron chi connectivity index (χ0n) is 12.1. The van der Waals surface area contributed by atoms with Crippen LogP contribution in [0.2, 0.25) is 0 Å². The Morgan fingerprint density at radius 2 is 2.19 bits per heavy atom. The van der Waals surface area contributed by atoms with E-state index in [9.17, 15) is 5.11 Å². The van der Waals surface area contributed by atoms with Gasteiger partial charge in [-0.2, -0.15) is 17.0 Å². The van der Waals surface area contributed by atoms with Gasteiger partial charge in [-0.3, -0.25) is 0 Å². The van der Waals surface area contributed by atoms with Crippen LogP contribution in [0.3, 0.4) is 0 Å². The number of ether oxygens (including phenoxy) is 1. The van der Waals surface area contributed by atoms with Gasteiger partial charge in [-0.1, -0.05) is 12.1 Å². The number of benzene rings is 1. The Morgan fingerprint density at radius 3 is 2.95 bits per heavy atom. The second-order valence-corrected chi connectivity index (χ2v) is 7.30. The third-order valence-electron chi connectivity index (χ3n) is 4.74. The Kier molecular flexibility index (Phi) is 4.54. The number of nitrogens with zero attached hydrogens (tertiary/aromatic N) is 1. The molecule has 0 bridgehead atoms. The van der Waals surface area contributed by atoms with Gasteiger partial charge < -0.3 is 9.84 Å².